The van der Waals surface area contributed by atoms with Gasteiger partial charge < -0.3 is 5.32 Å². The first-order valence-corrected chi connectivity index (χ1v) is 9.17. The minimum Gasteiger partial charge on any atom is -0.306 e. The van der Waals surface area contributed by atoms with Crippen LogP contribution >= 0.6 is 61.5 Å². The predicted molar refractivity (Wildman–Crippen MR) is 96.3 cm³/mol. The first-order chi connectivity index (χ1) is 9.13. The van der Waals surface area contributed by atoms with Gasteiger partial charge in [0.2, 0.25) is 0 Å². The van der Waals surface area contributed by atoms with Crippen molar-refractivity contribution in [2.75, 3.05) is 6.54 Å². The lowest BCUT2D eigenvalue weighted by Gasteiger charge is -2.19. The van der Waals surface area contributed by atoms with Crippen molar-refractivity contribution in [2.24, 2.45) is 0 Å². The zero-order valence-electron chi connectivity index (χ0n) is 10.4. The van der Waals surface area contributed by atoms with Gasteiger partial charge in [-0.05, 0) is 80.6 Å². The molecule has 19 heavy (non-hydrogen) atoms. The smallest absolute Gasteiger partial charge is 0.0683 e. The lowest BCUT2D eigenvalue weighted by molar-refractivity contribution is 0.604. The SMILES string of the molecule is CCCNC(c1ccc(I)c(Cl)c1)c1sccc1Br. The molecule has 1 aromatic carbocycles. The van der Waals surface area contributed by atoms with Crippen LogP contribution in [0.4, 0.5) is 0 Å². The number of rotatable bonds is 5. The van der Waals surface area contributed by atoms with Gasteiger partial charge >= 0.3 is 0 Å². The van der Waals surface area contributed by atoms with Crippen LogP contribution in [0.15, 0.2) is 34.1 Å². The quantitative estimate of drug-likeness (QED) is 0.540. The second-order valence-electron chi connectivity index (χ2n) is 4.19. The van der Waals surface area contributed by atoms with E-state index in [0.717, 1.165) is 26.0 Å². The maximum absolute atomic E-state index is 6.25. The van der Waals surface area contributed by atoms with E-state index in [9.17, 15) is 0 Å². The fourth-order valence-electron chi connectivity index (χ4n) is 1.85. The van der Waals surface area contributed by atoms with Crippen molar-refractivity contribution in [2.45, 2.75) is 19.4 Å². The van der Waals surface area contributed by atoms with Crippen LogP contribution in [0.1, 0.15) is 29.8 Å². The summed E-state index contributed by atoms with van der Waals surface area (Å²) in [7, 11) is 0. The average molecular weight is 471 g/mol. The first-order valence-electron chi connectivity index (χ1n) is 6.04. The molecule has 1 unspecified atom stereocenters. The van der Waals surface area contributed by atoms with Crippen molar-refractivity contribution in [3.05, 3.63) is 53.2 Å². The van der Waals surface area contributed by atoms with E-state index in [1.165, 1.54) is 10.4 Å². The van der Waals surface area contributed by atoms with Crippen molar-refractivity contribution in [3.63, 3.8) is 0 Å². The maximum atomic E-state index is 6.25. The van der Waals surface area contributed by atoms with Gasteiger partial charge in [-0.1, -0.05) is 24.6 Å². The zero-order chi connectivity index (χ0) is 13.8. The molecule has 0 aliphatic heterocycles. The van der Waals surface area contributed by atoms with Crippen LogP contribution < -0.4 is 5.32 Å². The highest BCUT2D eigenvalue weighted by atomic mass is 127. The van der Waals surface area contributed by atoms with Gasteiger partial charge in [-0.15, -0.1) is 11.3 Å². The van der Waals surface area contributed by atoms with E-state index >= 15 is 0 Å². The maximum Gasteiger partial charge on any atom is 0.0683 e. The summed E-state index contributed by atoms with van der Waals surface area (Å²) in [6.07, 6.45) is 1.11. The van der Waals surface area contributed by atoms with Crippen LogP contribution in [0, 0.1) is 3.57 Å². The van der Waals surface area contributed by atoms with Crippen LogP contribution in [0.2, 0.25) is 5.02 Å². The number of hydrogen-bond acceptors (Lipinski definition) is 2. The Balaban J connectivity index is 2.37. The normalized spacial score (nSPS) is 12.6. The molecule has 0 aliphatic carbocycles. The average Bonchev–Trinajstić information content (AvgIpc) is 2.80. The Labute approximate surface area is 145 Å². The van der Waals surface area contributed by atoms with Gasteiger partial charge in [0.15, 0.2) is 0 Å². The Hall–Kier alpha value is 0.380. The topological polar surface area (TPSA) is 12.0 Å². The number of benzene rings is 1. The molecule has 1 heterocycles. The molecule has 1 aromatic heterocycles. The molecule has 1 nitrogen and oxygen atoms in total. The molecule has 1 N–H and O–H groups in total. The fraction of sp³-hybridized carbons (Fsp3) is 0.286. The Bertz CT molecular complexity index is 558. The zero-order valence-corrected chi connectivity index (χ0v) is 15.7. The standard InChI is InChI=1S/C14H14BrClINS/c1-2-6-18-13(14-10(15)5-7-19-14)9-3-4-12(17)11(16)8-9/h3-5,7-8,13,18H,2,6H2,1H3. The minimum atomic E-state index is 0.198. The predicted octanol–water partition coefficient (Wildman–Crippen LogP) is 5.86. The molecule has 5 heteroatoms. The Morgan fingerprint density at radius 3 is 2.79 bits per heavy atom. The Morgan fingerprint density at radius 1 is 1.42 bits per heavy atom. The van der Waals surface area contributed by atoms with Crippen molar-refractivity contribution < 1.29 is 0 Å². The molecule has 1 atom stereocenters. The van der Waals surface area contributed by atoms with Gasteiger partial charge in [-0.25, -0.2) is 0 Å². The minimum absolute atomic E-state index is 0.198. The highest BCUT2D eigenvalue weighted by Gasteiger charge is 2.18. The Morgan fingerprint density at radius 2 is 2.21 bits per heavy atom. The van der Waals surface area contributed by atoms with E-state index in [1.54, 1.807) is 11.3 Å². The summed E-state index contributed by atoms with van der Waals surface area (Å²) in [5, 5.41) is 6.51. The van der Waals surface area contributed by atoms with Gasteiger partial charge in [0.05, 0.1) is 11.1 Å². The van der Waals surface area contributed by atoms with E-state index < -0.39 is 0 Å². The molecule has 0 saturated heterocycles. The third kappa shape index (κ3) is 3.94. The van der Waals surface area contributed by atoms with Crippen LogP contribution in [0.5, 0.6) is 0 Å². The van der Waals surface area contributed by atoms with Crippen molar-refractivity contribution in [3.8, 4) is 0 Å². The van der Waals surface area contributed by atoms with Crippen molar-refractivity contribution in [1.82, 2.24) is 5.32 Å². The molecule has 0 spiro atoms. The largest absolute Gasteiger partial charge is 0.306 e. The molecule has 0 amide bonds. The number of nitrogens with one attached hydrogen (secondary N) is 1. The van der Waals surface area contributed by atoms with Gasteiger partial charge in [0.25, 0.3) is 0 Å². The summed E-state index contributed by atoms with van der Waals surface area (Å²) in [6, 6.07) is 8.56. The van der Waals surface area contributed by atoms with E-state index in [1.807, 2.05) is 0 Å². The van der Waals surface area contributed by atoms with Crippen LogP contribution in [-0.4, -0.2) is 6.54 Å². The highest BCUT2D eigenvalue weighted by Crippen LogP contribution is 2.34. The van der Waals surface area contributed by atoms with Crippen molar-refractivity contribution >= 4 is 61.5 Å². The molecule has 0 radical (unpaired) electrons. The van der Waals surface area contributed by atoms with E-state index in [-0.39, 0.29) is 6.04 Å². The summed E-state index contributed by atoms with van der Waals surface area (Å²) in [5.41, 5.74) is 1.21. The second kappa shape index (κ2) is 7.41. The molecule has 0 fully saturated rings. The van der Waals surface area contributed by atoms with Gasteiger partial charge in [0.1, 0.15) is 0 Å². The monoisotopic (exact) mass is 469 g/mol. The van der Waals surface area contributed by atoms with Gasteiger partial charge in [-0.2, -0.15) is 0 Å². The van der Waals surface area contributed by atoms with Crippen LogP contribution in [0.3, 0.4) is 0 Å². The summed E-state index contributed by atoms with van der Waals surface area (Å²) >= 11 is 13.9. The summed E-state index contributed by atoms with van der Waals surface area (Å²) in [5.74, 6) is 0. The fourth-order valence-corrected chi connectivity index (χ4v) is 4.08. The summed E-state index contributed by atoms with van der Waals surface area (Å²) in [4.78, 5) is 1.30. The molecule has 0 saturated carbocycles. The van der Waals surface area contributed by atoms with Crippen LogP contribution in [0.25, 0.3) is 0 Å². The number of hydrogen-bond donors (Lipinski definition) is 1. The second-order valence-corrected chi connectivity index (χ2v) is 7.56. The molecule has 2 aromatic rings. The summed E-state index contributed by atoms with van der Waals surface area (Å²) in [6.45, 7) is 3.16. The van der Waals surface area contributed by atoms with E-state index in [0.29, 0.717) is 0 Å². The molecular weight excluding hydrogens is 456 g/mol. The van der Waals surface area contributed by atoms with Gasteiger partial charge in [0, 0.05) is 12.9 Å². The number of thiophene rings is 1. The number of halogens is 3. The third-order valence-corrected chi connectivity index (χ3v) is 6.29. The Kier molecular flexibility index (Phi) is 6.14. The highest BCUT2D eigenvalue weighted by molar-refractivity contribution is 14.1. The first kappa shape index (κ1) is 15.8. The molecule has 2 rings (SSSR count). The van der Waals surface area contributed by atoms with Crippen molar-refractivity contribution in [1.29, 1.82) is 0 Å². The molecule has 0 bridgehead atoms. The van der Waals surface area contributed by atoms with Crippen LogP contribution in [-0.2, 0) is 0 Å². The van der Waals surface area contributed by atoms with E-state index in [2.05, 4.69) is 80.4 Å². The van der Waals surface area contributed by atoms with E-state index in [4.69, 9.17) is 11.6 Å². The molecule has 102 valence electrons. The summed E-state index contributed by atoms with van der Waals surface area (Å²) < 4.78 is 2.24. The molecular formula is C14H14BrClINS. The lowest BCUT2D eigenvalue weighted by Crippen LogP contribution is -2.22. The lowest BCUT2D eigenvalue weighted by atomic mass is 10.1. The molecule has 0 aliphatic rings. The van der Waals surface area contributed by atoms with Gasteiger partial charge in [-0.3, -0.25) is 0 Å². The third-order valence-electron chi connectivity index (χ3n) is 2.78.